The Labute approximate surface area is 168 Å². The van der Waals surface area contributed by atoms with Crippen LogP contribution in [0.4, 0.5) is 0 Å². The summed E-state index contributed by atoms with van der Waals surface area (Å²) < 4.78 is 1.79. The van der Waals surface area contributed by atoms with Crippen LogP contribution >= 0.6 is 56.9 Å². The topological polar surface area (TPSA) is 52.9 Å². The summed E-state index contributed by atoms with van der Waals surface area (Å²) in [4.78, 5) is 19.6. The summed E-state index contributed by atoms with van der Waals surface area (Å²) >= 11 is 5.67. The quantitative estimate of drug-likeness (QED) is 0.435. The third-order valence-corrected chi connectivity index (χ3v) is 5.51. The maximum atomic E-state index is 12.7. The van der Waals surface area contributed by atoms with Gasteiger partial charge in [-0.3, -0.25) is 14.7 Å². The van der Waals surface area contributed by atoms with Crippen LogP contribution in [-0.2, 0) is 4.79 Å². The third kappa shape index (κ3) is 4.41. The van der Waals surface area contributed by atoms with Crippen molar-refractivity contribution in [1.29, 1.82) is 0 Å². The lowest BCUT2D eigenvalue weighted by Gasteiger charge is -2.20. The van der Waals surface area contributed by atoms with Gasteiger partial charge < -0.3 is 5.11 Å². The van der Waals surface area contributed by atoms with Gasteiger partial charge in [0.15, 0.2) is 5.17 Å². The predicted octanol–water partition coefficient (Wildman–Crippen LogP) is 4.69. The Bertz CT molecular complexity index is 700. The predicted molar refractivity (Wildman–Crippen MR) is 114 cm³/mol. The molecule has 0 saturated carbocycles. The number of aliphatic imine (C=N–C) groups is 1. The zero-order valence-electron chi connectivity index (χ0n) is 13.3. The maximum Gasteiger partial charge on any atom is 0.266 e. The van der Waals surface area contributed by atoms with Crippen LogP contribution in [0.2, 0.25) is 0 Å². The number of halogens is 2. The van der Waals surface area contributed by atoms with E-state index in [1.165, 1.54) is 11.8 Å². The van der Waals surface area contributed by atoms with Crippen LogP contribution in [0, 0.1) is 7.14 Å². The number of amides is 1. The van der Waals surface area contributed by atoms with Crippen LogP contribution in [0.5, 0.6) is 5.75 Å². The molecule has 0 spiro atoms. The number of benzene rings is 1. The molecule has 0 bridgehead atoms. The van der Waals surface area contributed by atoms with Crippen molar-refractivity contribution in [2.75, 3.05) is 0 Å². The normalized spacial score (nSPS) is 19.0. The van der Waals surface area contributed by atoms with Crippen LogP contribution in [0.25, 0.3) is 6.08 Å². The molecule has 1 amide bonds. The van der Waals surface area contributed by atoms with Gasteiger partial charge in [0.25, 0.3) is 5.91 Å². The van der Waals surface area contributed by atoms with Crippen molar-refractivity contribution in [3.63, 3.8) is 0 Å². The highest BCUT2D eigenvalue weighted by Crippen LogP contribution is 2.36. The molecule has 1 aromatic rings. The zero-order valence-corrected chi connectivity index (χ0v) is 18.4. The first-order chi connectivity index (χ1) is 10.7. The van der Waals surface area contributed by atoms with Crippen molar-refractivity contribution in [2.24, 2.45) is 4.99 Å². The average molecular weight is 556 g/mol. The van der Waals surface area contributed by atoms with Gasteiger partial charge in [-0.25, -0.2) is 0 Å². The van der Waals surface area contributed by atoms with E-state index in [0.29, 0.717) is 10.5 Å². The number of nitrogens with zero attached hydrogens (tertiary/aromatic N) is 2. The number of phenols is 1. The second-order valence-electron chi connectivity index (χ2n) is 5.71. The minimum atomic E-state index is -0.0577. The summed E-state index contributed by atoms with van der Waals surface area (Å²) in [7, 11) is 0. The van der Waals surface area contributed by atoms with Gasteiger partial charge >= 0.3 is 0 Å². The Morgan fingerprint density at radius 3 is 2.48 bits per heavy atom. The van der Waals surface area contributed by atoms with Crippen molar-refractivity contribution >= 4 is 74.1 Å². The van der Waals surface area contributed by atoms with E-state index in [1.807, 2.05) is 39.8 Å². The van der Waals surface area contributed by atoms with Crippen molar-refractivity contribution < 1.29 is 9.90 Å². The fraction of sp³-hybridized carbons (Fsp3) is 0.375. The molecule has 1 saturated heterocycles. The van der Waals surface area contributed by atoms with Gasteiger partial charge in [0, 0.05) is 21.2 Å². The van der Waals surface area contributed by atoms with Gasteiger partial charge in [0.2, 0.25) is 0 Å². The molecular formula is C16H18I2N2O2S. The first-order valence-electron chi connectivity index (χ1n) is 7.19. The Morgan fingerprint density at radius 2 is 1.91 bits per heavy atom. The van der Waals surface area contributed by atoms with Crippen molar-refractivity contribution in [1.82, 2.24) is 4.90 Å². The van der Waals surface area contributed by atoms with E-state index in [1.54, 1.807) is 11.0 Å². The van der Waals surface area contributed by atoms with Crippen LogP contribution < -0.4 is 0 Å². The number of hydrogen-bond donors (Lipinski definition) is 1. The Balaban J connectivity index is 2.47. The summed E-state index contributed by atoms with van der Waals surface area (Å²) in [6, 6.07) is 3.94. The molecule has 0 atom stereocenters. The van der Waals surface area contributed by atoms with E-state index < -0.39 is 0 Å². The molecule has 0 aromatic heterocycles. The van der Waals surface area contributed by atoms with E-state index in [0.717, 1.165) is 12.3 Å². The number of rotatable bonds is 3. The van der Waals surface area contributed by atoms with E-state index in [9.17, 15) is 9.90 Å². The minimum absolute atomic E-state index is 0.0445. The van der Waals surface area contributed by atoms with E-state index in [2.05, 4.69) is 50.2 Å². The van der Waals surface area contributed by atoms with Crippen LogP contribution in [0.1, 0.15) is 33.3 Å². The first kappa shape index (κ1) is 19.0. The van der Waals surface area contributed by atoms with Crippen LogP contribution in [-0.4, -0.2) is 33.2 Å². The molecular weight excluding hydrogens is 538 g/mol. The summed E-state index contributed by atoms with van der Waals surface area (Å²) in [5, 5.41) is 11.0. The molecule has 0 aliphatic carbocycles. The second kappa shape index (κ2) is 7.73. The molecule has 1 aliphatic heterocycles. The molecule has 1 aliphatic rings. The smallest absolute Gasteiger partial charge is 0.266 e. The number of hydrogen-bond acceptors (Lipinski definition) is 4. The lowest BCUT2D eigenvalue weighted by molar-refractivity contribution is -0.123. The second-order valence-corrected chi connectivity index (χ2v) is 9.13. The number of amidine groups is 1. The summed E-state index contributed by atoms with van der Waals surface area (Å²) in [5.74, 6) is 0.148. The van der Waals surface area contributed by atoms with E-state index >= 15 is 0 Å². The summed E-state index contributed by atoms with van der Waals surface area (Å²) in [5.41, 5.74) is 0.659. The number of thioether (sulfide) groups is 1. The largest absolute Gasteiger partial charge is 0.506 e. The Kier molecular flexibility index (Phi) is 6.40. The molecule has 0 unspecified atom stereocenters. The summed E-state index contributed by atoms with van der Waals surface area (Å²) in [6.07, 6.45) is 1.75. The highest BCUT2D eigenvalue weighted by atomic mass is 127. The number of carbonyl (C=O) groups is 1. The number of carbonyl (C=O) groups excluding carboxylic acids is 1. The zero-order chi connectivity index (χ0) is 17.3. The Hall–Kier alpha value is -0.290. The maximum absolute atomic E-state index is 12.7. The molecule has 4 nitrogen and oxygen atoms in total. The molecule has 23 heavy (non-hydrogen) atoms. The van der Waals surface area contributed by atoms with Crippen LogP contribution in [0.3, 0.4) is 0 Å². The monoisotopic (exact) mass is 556 g/mol. The van der Waals surface area contributed by atoms with Crippen molar-refractivity contribution in [3.05, 3.63) is 29.7 Å². The fourth-order valence-corrected chi connectivity index (χ4v) is 5.20. The van der Waals surface area contributed by atoms with Gasteiger partial charge in [-0.05, 0) is 103 Å². The molecule has 1 heterocycles. The Morgan fingerprint density at radius 1 is 1.26 bits per heavy atom. The number of aromatic hydroxyl groups is 1. The van der Waals surface area contributed by atoms with Gasteiger partial charge in [-0.1, -0.05) is 0 Å². The summed E-state index contributed by atoms with van der Waals surface area (Å²) in [6.45, 7) is 7.93. The van der Waals surface area contributed by atoms with Gasteiger partial charge in [0.05, 0.1) is 8.48 Å². The van der Waals surface area contributed by atoms with E-state index in [-0.39, 0.29) is 23.7 Å². The molecule has 124 valence electrons. The molecule has 1 aromatic carbocycles. The molecule has 7 heteroatoms. The fourth-order valence-electron chi connectivity index (χ4n) is 2.09. The SMILES string of the molecule is CC(C)N=C1S/C(=C/c2cc(I)cc(I)c2O)C(=O)N1C(C)C. The lowest BCUT2D eigenvalue weighted by Crippen LogP contribution is -2.35. The highest BCUT2D eigenvalue weighted by molar-refractivity contribution is 14.1. The van der Waals surface area contributed by atoms with Gasteiger partial charge in [0.1, 0.15) is 5.75 Å². The highest BCUT2D eigenvalue weighted by Gasteiger charge is 2.35. The molecule has 2 rings (SSSR count). The molecule has 1 fully saturated rings. The minimum Gasteiger partial charge on any atom is -0.506 e. The standard InChI is InChI=1S/C16H18I2N2O2S/c1-8(2)19-16-20(9(3)4)15(22)13(23-16)6-10-5-11(17)7-12(18)14(10)21/h5-9,21H,1-4H3/b13-6+,19-16?. The number of phenolic OH excluding ortho intramolecular Hbond substituents is 1. The first-order valence-corrected chi connectivity index (χ1v) is 10.2. The molecule has 1 N–H and O–H groups in total. The third-order valence-electron chi connectivity index (χ3n) is 3.07. The van der Waals surface area contributed by atoms with Gasteiger partial charge in [-0.2, -0.15) is 0 Å². The van der Waals surface area contributed by atoms with Crippen LogP contribution in [0.15, 0.2) is 22.0 Å². The van der Waals surface area contributed by atoms with Gasteiger partial charge in [-0.15, -0.1) is 0 Å². The average Bonchev–Trinajstić information content (AvgIpc) is 2.70. The lowest BCUT2D eigenvalue weighted by atomic mass is 10.2. The molecule has 0 radical (unpaired) electrons. The van der Waals surface area contributed by atoms with Crippen molar-refractivity contribution in [3.8, 4) is 5.75 Å². The van der Waals surface area contributed by atoms with E-state index in [4.69, 9.17) is 0 Å². The van der Waals surface area contributed by atoms with Crippen molar-refractivity contribution in [2.45, 2.75) is 39.8 Å².